The van der Waals surface area contributed by atoms with Gasteiger partial charge in [0.25, 0.3) is 0 Å². The standard InChI is InChI=1S/C13H18N2/c1-4-13(2,3)15-11-6-5-10-7-8-14-12(10)9-11/h5-9,14-15H,4H2,1-3H3. The quantitative estimate of drug-likeness (QED) is 0.779. The van der Waals surface area contributed by atoms with E-state index >= 15 is 0 Å². The number of hydrogen-bond donors (Lipinski definition) is 2. The summed E-state index contributed by atoms with van der Waals surface area (Å²) >= 11 is 0. The molecule has 0 bridgehead atoms. The Balaban J connectivity index is 2.28. The first-order valence-corrected chi connectivity index (χ1v) is 5.46. The van der Waals surface area contributed by atoms with Gasteiger partial charge in [-0.3, -0.25) is 0 Å². The predicted octanol–water partition coefficient (Wildman–Crippen LogP) is 3.77. The first-order chi connectivity index (χ1) is 7.11. The molecule has 2 heteroatoms. The van der Waals surface area contributed by atoms with Gasteiger partial charge in [-0.25, -0.2) is 0 Å². The van der Waals surface area contributed by atoms with Gasteiger partial charge in [-0.1, -0.05) is 13.0 Å². The molecule has 2 nitrogen and oxygen atoms in total. The van der Waals surface area contributed by atoms with Gasteiger partial charge in [0, 0.05) is 22.9 Å². The number of benzene rings is 1. The summed E-state index contributed by atoms with van der Waals surface area (Å²) in [4.78, 5) is 3.22. The van der Waals surface area contributed by atoms with Crippen LogP contribution in [0, 0.1) is 0 Å². The highest BCUT2D eigenvalue weighted by Gasteiger charge is 2.13. The van der Waals surface area contributed by atoms with Crippen LogP contribution in [0.1, 0.15) is 27.2 Å². The lowest BCUT2D eigenvalue weighted by Crippen LogP contribution is -2.29. The minimum absolute atomic E-state index is 0.153. The summed E-state index contributed by atoms with van der Waals surface area (Å²) in [5, 5.41) is 4.79. The molecule has 1 aromatic heterocycles. The van der Waals surface area contributed by atoms with Gasteiger partial charge >= 0.3 is 0 Å². The molecular formula is C13H18N2. The summed E-state index contributed by atoms with van der Waals surface area (Å²) < 4.78 is 0. The van der Waals surface area contributed by atoms with Gasteiger partial charge in [-0.05, 0) is 43.9 Å². The van der Waals surface area contributed by atoms with E-state index < -0.39 is 0 Å². The zero-order valence-electron chi connectivity index (χ0n) is 9.59. The highest BCUT2D eigenvalue weighted by molar-refractivity contribution is 5.82. The summed E-state index contributed by atoms with van der Waals surface area (Å²) in [7, 11) is 0. The van der Waals surface area contributed by atoms with E-state index in [0.717, 1.165) is 6.42 Å². The maximum atomic E-state index is 3.53. The Morgan fingerprint density at radius 3 is 2.80 bits per heavy atom. The molecule has 0 spiro atoms. The van der Waals surface area contributed by atoms with Crippen LogP contribution in [0.2, 0.25) is 0 Å². The second-order valence-corrected chi connectivity index (χ2v) is 4.64. The summed E-state index contributed by atoms with van der Waals surface area (Å²) in [6.07, 6.45) is 3.08. The number of hydrogen-bond acceptors (Lipinski definition) is 1. The van der Waals surface area contributed by atoms with E-state index in [1.165, 1.54) is 16.6 Å². The van der Waals surface area contributed by atoms with Crippen LogP contribution in [0.5, 0.6) is 0 Å². The van der Waals surface area contributed by atoms with Gasteiger partial charge in [0.15, 0.2) is 0 Å². The first kappa shape index (κ1) is 10.1. The highest BCUT2D eigenvalue weighted by Crippen LogP contribution is 2.22. The largest absolute Gasteiger partial charge is 0.380 e. The number of rotatable bonds is 3. The van der Waals surface area contributed by atoms with Gasteiger partial charge < -0.3 is 10.3 Å². The topological polar surface area (TPSA) is 27.8 Å². The van der Waals surface area contributed by atoms with Gasteiger partial charge in [0.2, 0.25) is 0 Å². The Kier molecular flexibility index (Phi) is 2.43. The Bertz CT molecular complexity index is 454. The molecule has 0 atom stereocenters. The molecule has 0 radical (unpaired) electrons. The van der Waals surface area contributed by atoms with Crippen LogP contribution in [0.3, 0.4) is 0 Å². The third kappa shape index (κ3) is 2.14. The Labute approximate surface area is 90.7 Å². The minimum atomic E-state index is 0.153. The van der Waals surface area contributed by atoms with Crippen molar-refractivity contribution in [1.29, 1.82) is 0 Å². The molecule has 0 aliphatic carbocycles. The smallest absolute Gasteiger partial charge is 0.0474 e. The van der Waals surface area contributed by atoms with E-state index in [-0.39, 0.29) is 5.54 Å². The van der Waals surface area contributed by atoms with Crippen molar-refractivity contribution in [2.75, 3.05) is 5.32 Å². The van der Waals surface area contributed by atoms with Crippen LogP contribution in [0.15, 0.2) is 30.5 Å². The van der Waals surface area contributed by atoms with Crippen LogP contribution in [0.25, 0.3) is 10.9 Å². The van der Waals surface area contributed by atoms with E-state index in [0.29, 0.717) is 0 Å². The van der Waals surface area contributed by atoms with Crippen molar-refractivity contribution in [3.05, 3.63) is 30.5 Å². The Hall–Kier alpha value is -1.44. The predicted molar refractivity (Wildman–Crippen MR) is 66.3 cm³/mol. The number of anilines is 1. The van der Waals surface area contributed by atoms with Crippen LogP contribution < -0.4 is 5.32 Å². The summed E-state index contributed by atoms with van der Waals surface area (Å²) in [6.45, 7) is 6.62. The number of nitrogens with one attached hydrogen (secondary N) is 2. The average Bonchev–Trinajstić information content (AvgIpc) is 2.64. The molecule has 0 aliphatic heterocycles. The normalized spacial score (nSPS) is 11.9. The molecule has 0 fully saturated rings. The molecule has 2 rings (SSSR count). The number of fused-ring (bicyclic) bond motifs is 1. The average molecular weight is 202 g/mol. The third-order valence-electron chi connectivity index (χ3n) is 2.92. The van der Waals surface area contributed by atoms with E-state index in [1.54, 1.807) is 0 Å². The molecule has 0 aliphatic rings. The maximum Gasteiger partial charge on any atom is 0.0474 e. The van der Waals surface area contributed by atoms with E-state index in [4.69, 9.17) is 0 Å². The minimum Gasteiger partial charge on any atom is -0.380 e. The molecule has 2 N–H and O–H groups in total. The van der Waals surface area contributed by atoms with Crippen molar-refractivity contribution in [2.45, 2.75) is 32.7 Å². The zero-order valence-corrected chi connectivity index (χ0v) is 9.59. The van der Waals surface area contributed by atoms with E-state index in [1.807, 2.05) is 6.20 Å². The fraction of sp³-hybridized carbons (Fsp3) is 0.385. The second kappa shape index (κ2) is 3.61. The lowest BCUT2D eigenvalue weighted by molar-refractivity contribution is 0.547. The Morgan fingerprint density at radius 1 is 1.27 bits per heavy atom. The van der Waals surface area contributed by atoms with Crippen LogP contribution in [0.4, 0.5) is 5.69 Å². The van der Waals surface area contributed by atoms with E-state index in [9.17, 15) is 0 Å². The van der Waals surface area contributed by atoms with Crippen molar-refractivity contribution >= 4 is 16.6 Å². The molecule has 0 amide bonds. The fourth-order valence-electron chi connectivity index (χ4n) is 1.60. The molecule has 0 saturated carbocycles. The van der Waals surface area contributed by atoms with Crippen LogP contribution in [-0.4, -0.2) is 10.5 Å². The third-order valence-corrected chi connectivity index (χ3v) is 2.92. The SMILES string of the molecule is CCC(C)(C)Nc1ccc2cc[nH]c2c1. The monoisotopic (exact) mass is 202 g/mol. The number of aromatic amines is 1. The summed E-state index contributed by atoms with van der Waals surface area (Å²) in [5.74, 6) is 0. The summed E-state index contributed by atoms with van der Waals surface area (Å²) in [6, 6.07) is 8.52. The van der Waals surface area contributed by atoms with Crippen molar-refractivity contribution in [2.24, 2.45) is 0 Å². The maximum absolute atomic E-state index is 3.53. The molecule has 80 valence electrons. The lowest BCUT2D eigenvalue weighted by Gasteiger charge is -2.25. The van der Waals surface area contributed by atoms with Gasteiger partial charge in [-0.15, -0.1) is 0 Å². The van der Waals surface area contributed by atoms with Crippen molar-refractivity contribution in [3.8, 4) is 0 Å². The number of H-pyrrole nitrogens is 1. The molecule has 15 heavy (non-hydrogen) atoms. The molecule has 1 heterocycles. The first-order valence-electron chi connectivity index (χ1n) is 5.46. The second-order valence-electron chi connectivity index (χ2n) is 4.64. The number of aromatic nitrogens is 1. The highest BCUT2D eigenvalue weighted by atomic mass is 15.0. The van der Waals surface area contributed by atoms with Crippen molar-refractivity contribution in [1.82, 2.24) is 4.98 Å². The van der Waals surface area contributed by atoms with Gasteiger partial charge in [0.1, 0.15) is 0 Å². The zero-order chi connectivity index (χ0) is 10.9. The molecular weight excluding hydrogens is 184 g/mol. The molecule has 0 unspecified atom stereocenters. The molecule has 0 saturated heterocycles. The lowest BCUT2D eigenvalue weighted by atomic mass is 10.0. The summed E-state index contributed by atoms with van der Waals surface area (Å²) in [5.41, 5.74) is 2.52. The van der Waals surface area contributed by atoms with Crippen LogP contribution in [-0.2, 0) is 0 Å². The van der Waals surface area contributed by atoms with E-state index in [2.05, 4.69) is 55.3 Å². The van der Waals surface area contributed by atoms with Crippen LogP contribution >= 0.6 is 0 Å². The fourth-order valence-corrected chi connectivity index (χ4v) is 1.60. The van der Waals surface area contributed by atoms with Crippen molar-refractivity contribution < 1.29 is 0 Å². The van der Waals surface area contributed by atoms with Gasteiger partial charge in [0.05, 0.1) is 0 Å². The molecule has 1 aromatic carbocycles. The van der Waals surface area contributed by atoms with Gasteiger partial charge in [-0.2, -0.15) is 0 Å². The Morgan fingerprint density at radius 2 is 2.07 bits per heavy atom. The molecule has 2 aromatic rings. The van der Waals surface area contributed by atoms with Crippen molar-refractivity contribution in [3.63, 3.8) is 0 Å².